The summed E-state index contributed by atoms with van der Waals surface area (Å²) in [5.41, 5.74) is 2.36. The van der Waals surface area contributed by atoms with Gasteiger partial charge in [-0.3, -0.25) is 0 Å². The summed E-state index contributed by atoms with van der Waals surface area (Å²) in [5, 5.41) is 1.50. The molecule has 0 aromatic heterocycles. The van der Waals surface area contributed by atoms with Crippen LogP contribution in [0.5, 0.6) is 0 Å². The first-order valence-electron chi connectivity index (χ1n) is 8.97. The average molecular weight is 370 g/mol. The molecule has 0 N–H and O–H groups in total. The molecule has 0 atom stereocenters. The van der Waals surface area contributed by atoms with E-state index < -0.39 is 10.1 Å². The third-order valence-corrected chi connectivity index (χ3v) is 5.41. The van der Waals surface area contributed by atoms with Gasteiger partial charge < -0.3 is 4.55 Å². The molecule has 25 heavy (non-hydrogen) atoms. The fourth-order valence-corrected chi connectivity index (χ4v) is 3.85. The molecule has 0 bridgehead atoms. The molecule has 0 heterocycles. The molecule has 2 rings (SSSR count). The van der Waals surface area contributed by atoms with E-state index in [9.17, 15) is 13.0 Å². The van der Waals surface area contributed by atoms with Crippen LogP contribution >= 0.6 is 0 Å². The first kappa shape index (κ1) is 22.7. The van der Waals surface area contributed by atoms with Crippen LogP contribution in [0.1, 0.15) is 63.5 Å². The van der Waals surface area contributed by atoms with Crippen molar-refractivity contribution < 1.29 is 42.5 Å². The quantitative estimate of drug-likeness (QED) is 0.386. The van der Waals surface area contributed by atoms with Gasteiger partial charge in [-0.05, 0) is 53.6 Å². The molecule has 2 aromatic carbocycles. The number of benzene rings is 2. The monoisotopic (exact) mass is 370 g/mol. The van der Waals surface area contributed by atoms with Crippen molar-refractivity contribution in [2.75, 3.05) is 0 Å². The van der Waals surface area contributed by atoms with Gasteiger partial charge in [0.15, 0.2) is 0 Å². The second kappa shape index (κ2) is 10.7. The summed E-state index contributed by atoms with van der Waals surface area (Å²) in [4.78, 5) is -0.100. The van der Waals surface area contributed by atoms with Crippen LogP contribution in [0.2, 0.25) is 0 Å². The van der Waals surface area contributed by atoms with Crippen LogP contribution < -0.4 is 29.6 Å². The molecule has 5 heteroatoms. The third-order valence-electron chi connectivity index (χ3n) is 4.52. The van der Waals surface area contributed by atoms with Gasteiger partial charge in [-0.2, -0.15) is 0 Å². The summed E-state index contributed by atoms with van der Waals surface area (Å²) < 4.78 is 34.7. The van der Waals surface area contributed by atoms with E-state index in [4.69, 9.17) is 0 Å². The molecule has 3 nitrogen and oxygen atoms in total. The number of hydrogen-bond donors (Lipinski definition) is 0. The third kappa shape index (κ3) is 6.37. The second-order valence-corrected chi connectivity index (χ2v) is 7.82. The van der Waals surface area contributed by atoms with Crippen LogP contribution in [-0.2, 0) is 23.0 Å². The maximum Gasteiger partial charge on any atom is 1.00 e. The average Bonchev–Trinajstić information content (AvgIpc) is 2.54. The molecule has 0 aliphatic heterocycles. The predicted molar refractivity (Wildman–Crippen MR) is 98.4 cm³/mol. The van der Waals surface area contributed by atoms with Crippen molar-refractivity contribution >= 4 is 20.9 Å². The molecule has 0 fully saturated rings. The Kier molecular flexibility index (Phi) is 9.68. The van der Waals surface area contributed by atoms with Gasteiger partial charge in [0, 0.05) is 0 Å². The van der Waals surface area contributed by atoms with Crippen LogP contribution in [0.3, 0.4) is 0 Å². The van der Waals surface area contributed by atoms with E-state index in [-0.39, 0.29) is 34.5 Å². The van der Waals surface area contributed by atoms with Gasteiger partial charge in [0.25, 0.3) is 0 Å². The van der Waals surface area contributed by atoms with Gasteiger partial charge in [-0.15, -0.1) is 0 Å². The van der Waals surface area contributed by atoms with E-state index in [0.29, 0.717) is 5.39 Å². The predicted octanol–water partition coefficient (Wildman–Crippen LogP) is 2.21. The summed E-state index contributed by atoms with van der Waals surface area (Å²) in [6, 6.07) is 9.15. The van der Waals surface area contributed by atoms with Gasteiger partial charge in [-0.1, -0.05) is 63.8 Å². The Morgan fingerprint density at radius 1 is 0.840 bits per heavy atom. The Morgan fingerprint density at radius 2 is 1.48 bits per heavy atom. The SMILES string of the molecule is CCCCCc1ccc2c(S(=O)(=O)[O-])ccc(CCCCC)c2c1.[Na+]. The molecule has 0 saturated heterocycles. The first-order valence-corrected chi connectivity index (χ1v) is 10.4. The standard InChI is InChI=1S/C20H28O3S.Na/c1-3-5-7-9-16-11-13-18-19(15-16)17(10-8-6-4-2)12-14-20(18)24(21,22)23;/h11-15H,3-10H2,1-2H3,(H,21,22,23);/q;+1/p-1. The zero-order chi connectivity index (χ0) is 17.6. The molecule has 0 unspecified atom stereocenters. The minimum Gasteiger partial charge on any atom is -0.744 e. The number of aryl methyl sites for hydroxylation is 2. The topological polar surface area (TPSA) is 57.2 Å². The Balaban J connectivity index is 0.00000312. The molecular formula is C20H27NaO3S. The Morgan fingerprint density at radius 3 is 2.08 bits per heavy atom. The molecule has 2 aromatic rings. The van der Waals surface area contributed by atoms with E-state index in [1.165, 1.54) is 24.5 Å². The van der Waals surface area contributed by atoms with Crippen LogP contribution in [0.15, 0.2) is 35.2 Å². The zero-order valence-electron chi connectivity index (χ0n) is 15.7. The summed E-state index contributed by atoms with van der Waals surface area (Å²) in [5.74, 6) is 0. The van der Waals surface area contributed by atoms with Crippen molar-refractivity contribution in [3.63, 3.8) is 0 Å². The summed E-state index contributed by atoms with van der Waals surface area (Å²) in [6.07, 6.45) is 8.79. The Bertz CT molecular complexity index is 785. The fraction of sp³-hybridized carbons (Fsp3) is 0.500. The summed E-state index contributed by atoms with van der Waals surface area (Å²) in [6.45, 7) is 4.34. The maximum absolute atomic E-state index is 11.6. The Hall–Kier alpha value is -0.390. The van der Waals surface area contributed by atoms with Crippen LogP contribution in [0, 0.1) is 0 Å². The molecule has 0 aliphatic carbocycles. The molecule has 0 radical (unpaired) electrons. The maximum atomic E-state index is 11.6. The second-order valence-electron chi connectivity index (χ2n) is 6.47. The van der Waals surface area contributed by atoms with Crippen molar-refractivity contribution in [1.82, 2.24) is 0 Å². The van der Waals surface area contributed by atoms with Crippen LogP contribution in [0.4, 0.5) is 0 Å². The number of rotatable bonds is 9. The Labute approximate surface area is 174 Å². The van der Waals surface area contributed by atoms with Crippen molar-refractivity contribution in [2.24, 2.45) is 0 Å². The molecular weight excluding hydrogens is 343 g/mol. The van der Waals surface area contributed by atoms with Crippen molar-refractivity contribution in [3.05, 3.63) is 41.5 Å². The van der Waals surface area contributed by atoms with Crippen LogP contribution in [0.25, 0.3) is 10.8 Å². The van der Waals surface area contributed by atoms with E-state index in [2.05, 4.69) is 19.9 Å². The molecule has 132 valence electrons. The van der Waals surface area contributed by atoms with Gasteiger partial charge in [0.1, 0.15) is 10.1 Å². The summed E-state index contributed by atoms with van der Waals surface area (Å²) >= 11 is 0. The fourth-order valence-electron chi connectivity index (χ4n) is 3.16. The van der Waals surface area contributed by atoms with Gasteiger partial charge in [-0.25, -0.2) is 8.42 Å². The molecule has 0 aliphatic rings. The zero-order valence-corrected chi connectivity index (χ0v) is 18.5. The number of hydrogen-bond acceptors (Lipinski definition) is 3. The molecule has 0 amide bonds. The smallest absolute Gasteiger partial charge is 0.744 e. The van der Waals surface area contributed by atoms with E-state index in [1.54, 1.807) is 0 Å². The number of unbranched alkanes of at least 4 members (excludes halogenated alkanes) is 4. The molecule has 0 spiro atoms. The largest absolute Gasteiger partial charge is 1.00 e. The number of fused-ring (bicyclic) bond motifs is 1. The van der Waals surface area contributed by atoms with Crippen molar-refractivity contribution in [2.45, 2.75) is 70.1 Å². The van der Waals surface area contributed by atoms with Crippen molar-refractivity contribution in [1.29, 1.82) is 0 Å². The van der Waals surface area contributed by atoms with Crippen LogP contribution in [-0.4, -0.2) is 13.0 Å². The first-order chi connectivity index (χ1) is 11.5. The van der Waals surface area contributed by atoms with Gasteiger partial charge in [0.05, 0.1) is 4.90 Å². The van der Waals surface area contributed by atoms with Gasteiger partial charge >= 0.3 is 29.6 Å². The van der Waals surface area contributed by atoms with E-state index in [1.807, 2.05) is 18.2 Å². The minimum atomic E-state index is -4.46. The van der Waals surface area contributed by atoms with Gasteiger partial charge in [0.2, 0.25) is 0 Å². The van der Waals surface area contributed by atoms with Crippen molar-refractivity contribution in [3.8, 4) is 0 Å². The molecule has 0 saturated carbocycles. The minimum absolute atomic E-state index is 0. The normalized spacial score (nSPS) is 11.5. The summed E-state index contributed by atoms with van der Waals surface area (Å²) in [7, 11) is -4.46. The van der Waals surface area contributed by atoms with E-state index in [0.717, 1.165) is 49.5 Å². The van der Waals surface area contributed by atoms with E-state index >= 15 is 0 Å².